The Bertz CT molecular complexity index is 1570. The van der Waals surface area contributed by atoms with Crippen molar-refractivity contribution in [3.05, 3.63) is 90.5 Å². The van der Waals surface area contributed by atoms with Gasteiger partial charge in [0.25, 0.3) is 0 Å². The van der Waals surface area contributed by atoms with Crippen molar-refractivity contribution < 1.29 is 0 Å². The van der Waals surface area contributed by atoms with Gasteiger partial charge in [-0.25, -0.2) is 0 Å². The van der Waals surface area contributed by atoms with Crippen molar-refractivity contribution in [2.75, 3.05) is 0 Å². The molecule has 3 heteroatoms. The van der Waals surface area contributed by atoms with Crippen LogP contribution in [0.3, 0.4) is 0 Å². The van der Waals surface area contributed by atoms with Gasteiger partial charge >= 0.3 is 0 Å². The van der Waals surface area contributed by atoms with Crippen molar-refractivity contribution in [3.8, 4) is 11.8 Å². The Balaban J connectivity index is 1.84. The van der Waals surface area contributed by atoms with Gasteiger partial charge in [-0.05, 0) is 36.4 Å². The van der Waals surface area contributed by atoms with Gasteiger partial charge in [0, 0.05) is 32.7 Å². The Morgan fingerprint density at radius 1 is 0.714 bits per heavy atom. The number of nitrogens with zero attached hydrogens (tertiary/aromatic N) is 2. The lowest BCUT2D eigenvalue weighted by atomic mass is 10.1. The van der Waals surface area contributed by atoms with Gasteiger partial charge in [-0.1, -0.05) is 48.5 Å². The van der Waals surface area contributed by atoms with E-state index in [-0.39, 0.29) is 0 Å². The fourth-order valence-corrected chi connectivity index (χ4v) is 4.37. The van der Waals surface area contributed by atoms with Crippen LogP contribution >= 0.6 is 0 Å². The molecule has 0 bridgehead atoms. The molecule has 0 radical (unpaired) electrons. The molecule has 0 spiro atoms. The van der Waals surface area contributed by atoms with Crippen LogP contribution in [0.25, 0.3) is 49.3 Å². The van der Waals surface area contributed by atoms with Crippen LogP contribution in [0.4, 0.5) is 0 Å². The summed E-state index contributed by atoms with van der Waals surface area (Å²) in [6.45, 7) is 0. The van der Waals surface area contributed by atoms with E-state index in [4.69, 9.17) is 0 Å². The molecule has 6 aromatic rings. The lowest BCUT2D eigenvalue weighted by Gasteiger charge is -2.08. The third-order valence-electron chi connectivity index (χ3n) is 5.55. The number of H-pyrrole nitrogens is 1. The van der Waals surface area contributed by atoms with Crippen molar-refractivity contribution in [3.63, 3.8) is 0 Å². The summed E-state index contributed by atoms with van der Waals surface area (Å²) in [7, 11) is 0. The van der Waals surface area contributed by atoms with Crippen molar-refractivity contribution in [2.24, 2.45) is 0 Å². The fraction of sp³-hybridized carbons (Fsp3) is 0. The first kappa shape index (κ1) is 15.1. The molecule has 28 heavy (non-hydrogen) atoms. The summed E-state index contributed by atoms with van der Waals surface area (Å²) in [6, 6.07) is 31.3. The molecule has 0 amide bonds. The summed E-state index contributed by atoms with van der Waals surface area (Å²) >= 11 is 0. The van der Waals surface area contributed by atoms with Gasteiger partial charge < -0.3 is 9.55 Å². The highest BCUT2D eigenvalue weighted by Crippen LogP contribution is 2.38. The Kier molecular flexibility index (Phi) is 2.95. The number of nitrogens with one attached hydrogen (secondary N) is 1. The minimum Gasteiger partial charge on any atom is -0.354 e. The molecule has 0 aliphatic heterocycles. The number of aromatic amines is 1. The monoisotopic (exact) mass is 357 g/mol. The van der Waals surface area contributed by atoms with Gasteiger partial charge in [0.1, 0.15) is 0 Å². The fourth-order valence-electron chi connectivity index (χ4n) is 4.37. The molecule has 1 N–H and O–H groups in total. The molecule has 3 nitrogen and oxygen atoms in total. The number of fused-ring (bicyclic) bond motifs is 7. The van der Waals surface area contributed by atoms with E-state index in [0.717, 1.165) is 27.8 Å². The zero-order chi connectivity index (χ0) is 18.7. The molecule has 0 unspecified atom stereocenters. The highest BCUT2D eigenvalue weighted by Gasteiger charge is 2.16. The molecule has 2 heterocycles. The van der Waals surface area contributed by atoms with Crippen LogP contribution in [0.2, 0.25) is 0 Å². The Morgan fingerprint density at radius 2 is 1.54 bits per heavy atom. The smallest absolute Gasteiger partial charge is 0.0992 e. The molecule has 0 fully saturated rings. The second-order valence-corrected chi connectivity index (χ2v) is 7.07. The van der Waals surface area contributed by atoms with Crippen LogP contribution in [-0.4, -0.2) is 9.55 Å². The number of rotatable bonds is 1. The standard InChI is InChI=1S/C25H15N3/c26-15-16-6-5-7-17(14-16)28-22-11-4-2-9-20(22)24-23(28)13-12-19-18-8-1-3-10-21(18)27-25(19)24/h1-14,27H. The summed E-state index contributed by atoms with van der Waals surface area (Å²) in [4.78, 5) is 3.63. The maximum absolute atomic E-state index is 9.34. The van der Waals surface area contributed by atoms with Crippen LogP contribution in [-0.2, 0) is 0 Å². The third kappa shape index (κ3) is 1.92. The van der Waals surface area contributed by atoms with Gasteiger partial charge in [-0.3, -0.25) is 0 Å². The lowest BCUT2D eigenvalue weighted by Crippen LogP contribution is -1.94. The predicted molar refractivity (Wildman–Crippen MR) is 115 cm³/mol. The van der Waals surface area contributed by atoms with Gasteiger partial charge in [0.05, 0.1) is 28.2 Å². The van der Waals surface area contributed by atoms with Crippen LogP contribution in [0.15, 0.2) is 84.9 Å². The molecular formula is C25H15N3. The normalized spacial score (nSPS) is 11.5. The number of hydrogen-bond acceptors (Lipinski definition) is 1. The van der Waals surface area contributed by atoms with Crippen LogP contribution in [0, 0.1) is 11.3 Å². The molecular weight excluding hydrogens is 342 g/mol. The van der Waals surface area contributed by atoms with Gasteiger partial charge in [0.15, 0.2) is 0 Å². The molecule has 2 aromatic heterocycles. The summed E-state index contributed by atoms with van der Waals surface area (Å²) in [6.07, 6.45) is 0. The summed E-state index contributed by atoms with van der Waals surface area (Å²) < 4.78 is 2.25. The van der Waals surface area contributed by atoms with E-state index in [0.29, 0.717) is 5.56 Å². The molecule has 130 valence electrons. The largest absolute Gasteiger partial charge is 0.354 e. The Morgan fingerprint density at radius 3 is 2.43 bits per heavy atom. The Hall–Kier alpha value is -4.03. The maximum Gasteiger partial charge on any atom is 0.0992 e. The molecule has 0 atom stereocenters. The van der Waals surface area contributed by atoms with E-state index in [1.807, 2.05) is 18.2 Å². The van der Waals surface area contributed by atoms with E-state index in [1.54, 1.807) is 0 Å². The summed E-state index contributed by atoms with van der Waals surface area (Å²) in [5.74, 6) is 0. The summed E-state index contributed by atoms with van der Waals surface area (Å²) in [5.41, 5.74) is 6.24. The predicted octanol–water partition coefficient (Wildman–Crippen LogP) is 6.29. The number of benzene rings is 4. The number of nitriles is 1. The van der Waals surface area contributed by atoms with Crippen molar-refractivity contribution >= 4 is 43.6 Å². The zero-order valence-electron chi connectivity index (χ0n) is 15.0. The quantitative estimate of drug-likeness (QED) is 0.369. The first-order valence-electron chi connectivity index (χ1n) is 9.28. The van der Waals surface area contributed by atoms with E-state index < -0.39 is 0 Å². The van der Waals surface area contributed by atoms with E-state index in [1.165, 1.54) is 21.5 Å². The second-order valence-electron chi connectivity index (χ2n) is 7.07. The zero-order valence-corrected chi connectivity index (χ0v) is 15.0. The first-order chi connectivity index (χ1) is 13.8. The highest BCUT2D eigenvalue weighted by atomic mass is 15.0. The number of hydrogen-bond donors (Lipinski definition) is 1. The van der Waals surface area contributed by atoms with Gasteiger partial charge in [-0.2, -0.15) is 5.26 Å². The molecule has 0 saturated heterocycles. The average Bonchev–Trinajstić information content (AvgIpc) is 3.29. The number of para-hydroxylation sites is 2. The molecule has 4 aromatic carbocycles. The average molecular weight is 357 g/mol. The Labute approximate surface area is 161 Å². The lowest BCUT2D eigenvalue weighted by molar-refractivity contribution is 1.18. The van der Waals surface area contributed by atoms with Gasteiger partial charge in [-0.15, -0.1) is 0 Å². The maximum atomic E-state index is 9.34. The van der Waals surface area contributed by atoms with Crippen LogP contribution in [0.1, 0.15) is 5.56 Å². The molecule has 6 rings (SSSR count). The van der Waals surface area contributed by atoms with E-state index >= 15 is 0 Å². The number of aromatic nitrogens is 2. The molecule has 0 aliphatic carbocycles. The second kappa shape index (κ2) is 5.48. The SMILES string of the molecule is N#Cc1cccc(-n2c3ccccc3c3c4[nH]c5ccccc5c4ccc32)c1. The topological polar surface area (TPSA) is 44.5 Å². The summed E-state index contributed by atoms with van der Waals surface area (Å²) in [5, 5.41) is 14.2. The van der Waals surface area contributed by atoms with Crippen LogP contribution in [0.5, 0.6) is 0 Å². The van der Waals surface area contributed by atoms with Gasteiger partial charge in [0.2, 0.25) is 0 Å². The third-order valence-corrected chi connectivity index (χ3v) is 5.55. The molecule has 0 aliphatic rings. The van der Waals surface area contributed by atoms with E-state index in [2.05, 4.69) is 82.4 Å². The minimum atomic E-state index is 0.662. The minimum absolute atomic E-state index is 0.662. The molecule has 0 saturated carbocycles. The highest BCUT2D eigenvalue weighted by molar-refractivity contribution is 6.25. The van der Waals surface area contributed by atoms with Crippen LogP contribution < -0.4 is 0 Å². The van der Waals surface area contributed by atoms with Crippen molar-refractivity contribution in [1.29, 1.82) is 5.26 Å². The van der Waals surface area contributed by atoms with Crippen molar-refractivity contribution in [1.82, 2.24) is 9.55 Å². The first-order valence-corrected chi connectivity index (χ1v) is 9.28. The van der Waals surface area contributed by atoms with Crippen molar-refractivity contribution in [2.45, 2.75) is 0 Å². The van der Waals surface area contributed by atoms with E-state index in [9.17, 15) is 5.26 Å².